The van der Waals surface area contributed by atoms with Crippen molar-refractivity contribution in [2.24, 2.45) is 11.8 Å². The van der Waals surface area contributed by atoms with Crippen LogP contribution in [0.25, 0.3) is 0 Å². The van der Waals surface area contributed by atoms with Gasteiger partial charge < -0.3 is 24.5 Å². The predicted molar refractivity (Wildman–Crippen MR) is 152 cm³/mol. The Morgan fingerprint density at radius 2 is 1.50 bits per heavy atom. The van der Waals surface area contributed by atoms with E-state index in [2.05, 4.69) is 0 Å². The quantitative estimate of drug-likeness (QED) is 0.430. The van der Waals surface area contributed by atoms with Crippen LogP contribution < -0.4 is 9.80 Å². The van der Waals surface area contributed by atoms with E-state index in [9.17, 15) is 19.5 Å². The van der Waals surface area contributed by atoms with Crippen molar-refractivity contribution in [2.75, 3.05) is 36.0 Å². The highest BCUT2D eigenvalue weighted by atomic mass is 35.5. The Labute approximate surface area is 238 Å². The van der Waals surface area contributed by atoms with E-state index in [0.29, 0.717) is 30.1 Å². The van der Waals surface area contributed by atoms with Crippen LogP contribution in [0.15, 0.2) is 78.9 Å². The summed E-state index contributed by atoms with van der Waals surface area (Å²) in [7, 11) is 0. The molecule has 2 fully saturated rings. The maximum absolute atomic E-state index is 14.4. The molecule has 2 saturated heterocycles. The van der Waals surface area contributed by atoms with Crippen molar-refractivity contribution in [3.63, 3.8) is 0 Å². The lowest BCUT2D eigenvalue weighted by atomic mass is 9.74. The molecule has 0 bridgehead atoms. The number of carbonyl (C=O) groups is 3. The van der Waals surface area contributed by atoms with Gasteiger partial charge in [-0.1, -0.05) is 54.1 Å². The van der Waals surface area contributed by atoms with Crippen LogP contribution in [0, 0.1) is 11.8 Å². The molecule has 4 aliphatic rings. The number of hydrogen-bond acceptors (Lipinski definition) is 5. The van der Waals surface area contributed by atoms with E-state index in [4.69, 9.17) is 16.3 Å². The topological polar surface area (TPSA) is 90.4 Å². The maximum Gasteiger partial charge on any atom is 0.253 e. The van der Waals surface area contributed by atoms with Gasteiger partial charge in [0, 0.05) is 42.6 Å². The van der Waals surface area contributed by atoms with Gasteiger partial charge in [-0.25, -0.2) is 0 Å². The molecule has 0 aromatic heterocycles. The van der Waals surface area contributed by atoms with E-state index in [1.54, 1.807) is 39.0 Å². The van der Waals surface area contributed by atoms with E-state index in [0.717, 1.165) is 5.69 Å². The molecule has 3 amide bonds. The molecule has 9 heteroatoms. The second-order valence-corrected chi connectivity index (χ2v) is 11.4. The molecule has 0 saturated carbocycles. The van der Waals surface area contributed by atoms with Crippen LogP contribution in [0.2, 0.25) is 5.02 Å². The molecule has 6 rings (SSSR count). The molecule has 40 heavy (non-hydrogen) atoms. The molecule has 2 aromatic carbocycles. The molecule has 208 valence electrons. The number of halogens is 1. The molecule has 1 spiro atoms. The van der Waals surface area contributed by atoms with Gasteiger partial charge in [-0.05, 0) is 56.2 Å². The summed E-state index contributed by atoms with van der Waals surface area (Å²) in [5.74, 6) is -2.47. The van der Waals surface area contributed by atoms with Crippen LogP contribution in [-0.2, 0) is 19.1 Å². The van der Waals surface area contributed by atoms with Gasteiger partial charge in [-0.2, -0.15) is 0 Å². The van der Waals surface area contributed by atoms with Crippen LogP contribution in [0.5, 0.6) is 0 Å². The normalized spacial score (nSPS) is 31.2. The number of benzene rings is 2. The fourth-order valence-corrected chi connectivity index (χ4v) is 6.97. The smallest absolute Gasteiger partial charge is 0.253 e. The van der Waals surface area contributed by atoms with E-state index in [1.165, 1.54) is 0 Å². The van der Waals surface area contributed by atoms with Crippen molar-refractivity contribution in [1.82, 2.24) is 4.90 Å². The van der Waals surface area contributed by atoms with Gasteiger partial charge in [-0.3, -0.25) is 14.4 Å². The standard InChI is InChI=1S/C31H32ClN3O5/c1-30-15-7-18-33(22-9-3-2-4-10-22)27(37)24(30)25-28(38)35(17-5-6-20-36)26-29(39)34(19-8-16-31(25,26)40-30)23-13-11-21(32)12-14-23/h2-4,7-16,24-26,36H,5-6,17-20H2,1H3/t24-,25+,26?,30+,31+/m1/s1. The second-order valence-electron chi connectivity index (χ2n) is 11.0. The summed E-state index contributed by atoms with van der Waals surface area (Å²) in [6.45, 7) is 2.74. The molecule has 5 atom stereocenters. The third-order valence-electron chi connectivity index (χ3n) is 8.57. The highest BCUT2D eigenvalue weighted by Crippen LogP contribution is 2.57. The Balaban J connectivity index is 1.45. The number of amides is 3. The summed E-state index contributed by atoms with van der Waals surface area (Å²) in [5, 5.41) is 9.97. The molecule has 0 aliphatic carbocycles. The van der Waals surface area contributed by atoms with Gasteiger partial charge in [0.2, 0.25) is 11.8 Å². The zero-order chi connectivity index (χ0) is 28.1. The zero-order valence-electron chi connectivity index (χ0n) is 22.3. The lowest BCUT2D eigenvalue weighted by Crippen LogP contribution is -2.56. The average Bonchev–Trinajstić information content (AvgIpc) is 3.21. The van der Waals surface area contributed by atoms with E-state index < -0.39 is 29.1 Å². The molecular weight excluding hydrogens is 530 g/mol. The van der Waals surface area contributed by atoms with Gasteiger partial charge in [0.15, 0.2) is 0 Å². The van der Waals surface area contributed by atoms with Crippen LogP contribution in [0.3, 0.4) is 0 Å². The first kappa shape index (κ1) is 26.7. The van der Waals surface area contributed by atoms with Crippen molar-refractivity contribution >= 4 is 40.7 Å². The van der Waals surface area contributed by atoms with Crippen LogP contribution >= 0.6 is 11.6 Å². The highest BCUT2D eigenvalue weighted by molar-refractivity contribution is 6.30. The number of aliphatic hydroxyl groups is 1. The number of rotatable bonds is 6. The lowest BCUT2D eigenvalue weighted by molar-refractivity contribution is -0.144. The number of aliphatic hydroxyl groups excluding tert-OH is 1. The summed E-state index contributed by atoms with van der Waals surface area (Å²) in [4.78, 5) is 48.0. The summed E-state index contributed by atoms with van der Waals surface area (Å²) in [6, 6.07) is 15.4. The number of likely N-dealkylation sites (tertiary alicyclic amines) is 1. The number of ether oxygens (including phenoxy) is 1. The number of fused-ring (bicyclic) bond motifs is 2. The zero-order valence-corrected chi connectivity index (χ0v) is 23.0. The SMILES string of the molecule is C[C@]12C=CCN(c3ccccc3)C(=O)[C@H]1[C@H]1C(=O)N(CCCCO)C3C(=O)N(c4ccc(Cl)cc4)CC=C[C@@]31O2. The minimum atomic E-state index is -1.33. The predicted octanol–water partition coefficient (Wildman–Crippen LogP) is 3.59. The van der Waals surface area contributed by atoms with E-state index >= 15 is 0 Å². The van der Waals surface area contributed by atoms with E-state index in [-0.39, 0.29) is 37.4 Å². The Morgan fingerprint density at radius 3 is 2.20 bits per heavy atom. The van der Waals surface area contributed by atoms with Crippen LogP contribution in [0.4, 0.5) is 11.4 Å². The minimum Gasteiger partial charge on any atom is -0.396 e. The third kappa shape index (κ3) is 4.08. The minimum absolute atomic E-state index is 0.0153. The number of anilines is 2. The number of hydrogen-bond donors (Lipinski definition) is 1. The molecule has 4 heterocycles. The summed E-state index contributed by atoms with van der Waals surface area (Å²) >= 11 is 6.11. The van der Waals surface area contributed by atoms with Crippen molar-refractivity contribution in [2.45, 2.75) is 37.0 Å². The molecule has 4 aliphatic heterocycles. The van der Waals surface area contributed by atoms with Crippen molar-refractivity contribution in [3.8, 4) is 0 Å². The number of carbonyl (C=O) groups excluding carboxylic acids is 3. The van der Waals surface area contributed by atoms with Gasteiger partial charge in [0.05, 0.1) is 17.4 Å². The van der Waals surface area contributed by atoms with Crippen LogP contribution in [-0.4, -0.2) is 71.2 Å². The Bertz CT molecular complexity index is 1380. The highest BCUT2D eigenvalue weighted by Gasteiger charge is 2.74. The molecule has 8 nitrogen and oxygen atoms in total. The first-order valence-corrected chi connectivity index (χ1v) is 14.1. The Hall–Kier alpha value is -3.46. The largest absolute Gasteiger partial charge is 0.396 e. The van der Waals surface area contributed by atoms with Crippen molar-refractivity contribution < 1.29 is 24.2 Å². The fourth-order valence-electron chi connectivity index (χ4n) is 6.85. The molecule has 2 aromatic rings. The van der Waals surface area contributed by atoms with E-state index in [1.807, 2.05) is 61.6 Å². The van der Waals surface area contributed by atoms with Gasteiger partial charge in [0.25, 0.3) is 5.91 Å². The average molecular weight is 562 g/mol. The third-order valence-corrected chi connectivity index (χ3v) is 8.82. The first-order valence-electron chi connectivity index (χ1n) is 13.7. The van der Waals surface area contributed by atoms with Gasteiger partial charge in [0.1, 0.15) is 11.6 Å². The fraction of sp³-hybridized carbons (Fsp3) is 0.387. The van der Waals surface area contributed by atoms with Crippen LogP contribution in [0.1, 0.15) is 19.8 Å². The summed E-state index contributed by atoms with van der Waals surface area (Å²) in [6.07, 6.45) is 8.50. The monoisotopic (exact) mass is 561 g/mol. The molecule has 1 N–H and O–H groups in total. The number of para-hydroxylation sites is 1. The molecule has 0 radical (unpaired) electrons. The van der Waals surface area contributed by atoms with Crippen molar-refractivity contribution in [1.29, 1.82) is 0 Å². The van der Waals surface area contributed by atoms with Gasteiger partial charge >= 0.3 is 0 Å². The number of unbranched alkanes of at least 4 members (excludes halogenated alkanes) is 1. The van der Waals surface area contributed by atoms with Crippen molar-refractivity contribution in [3.05, 3.63) is 83.9 Å². The molecular formula is C31H32ClN3O5. The first-order chi connectivity index (χ1) is 19.3. The summed E-state index contributed by atoms with van der Waals surface area (Å²) in [5.41, 5.74) is -1.01. The Kier molecular flexibility index (Phi) is 6.81. The number of nitrogens with zero attached hydrogens (tertiary/aromatic N) is 3. The Morgan fingerprint density at radius 1 is 0.850 bits per heavy atom. The summed E-state index contributed by atoms with van der Waals surface area (Å²) < 4.78 is 6.86. The second kappa shape index (κ2) is 10.2. The lowest BCUT2D eigenvalue weighted by Gasteiger charge is -2.37. The molecule has 1 unspecified atom stereocenters. The van der Waals surface area contributed by atoms with Gasteiger partial charge in [-0.15, -0.1) is 0 Å². The maximum atomic E-state index is 14.4.